The monoisotopic (exact) mass is 388 g/mol. The summed E-state index contributed by atoms with van der Waals surface area (Å²) in [6.45, 7) is 1.18. The second-order valence-corrected chi connectivity index (χ2v) is 6.24. The van der Waals surface area contributed by atoms with E-state index in [0.717, 1.165) is 5.39 Å². The van der Waals surface area contributed by atoms with Gasteiger partial charge < -0.3 is 14.3 Å². The van der Waals surface area contributed by atoms with Crippen molar-refractivity contribution in [2.75, 3.05) is 5.32 Å². The molecule has 7 nitrogen and oxygen atoms in total. The molecule has 0 bridgehead atoms. The van der Waals surface area contributed by atoms with E-state index in [-0.39, 0.29) is 17.4 Å². The summed E-state index contributed by atoms with van der Waals surface area (Å²) in [5.41, 5.74) is 1.40. The van der Waals surface area contributed by atoms with Crippen molar-refractivity contribution < 1.29 is 23.8 Å². The third-order valence-electron chi connectivity index (χ3n) is 4.18. The van der Waals surface area contributed by atoms with E-state index in [1.54, 1.807) is 36.4 Å². The lowest BCUT2D eigenvalue weighted by molar-refractivity contribution is -0.132. The summed E-state index contributed by atoms with van der Waals surface area (Å²) >= 11 is 0. The average Bonchev–Trinajstić information content (AvgIpc) is 3.03. The largest absolute Gasteiger partial charge is 0.501 e. The summed E-state index contributed by atoms with van der Waals surface area (Å²) in [6, 6.07) is 19.4. The van der Waals surface area contributed by atoms with Crippen LogP contribution in [0.25, 0.3) is 22.4 Å². The highest BCUT2D eigenvalue weighted by Gasteiger charge is 2.26. The molecule has 0 aliphatic heterocycles. The maximum Gasteiger partial charge on any atom is 0.308 e. The van der Waals surface area contributed by atoms with Gasteiger partial charge in [0.25, 0.3) is 5.91 Å². The third-order valence-corrected chi connectivity index (χ3v) is 4.18. The molecule has 2 heterocycles. The van der Waals surface area contributed by atoms with Crippen molar-refractivity contribution in [3.8, 4) is 23.0 Å². The number of benzene rings is 2. The Kier molecular flexibility index (Phi) is 4.70. The first-order valence-corrected chi connectivity index (χ1v) is 8.79. The quantitative estimate of drug-likeness (QED) is 0.503. The lowest BCUT2D eigenvalue weighted by Crippen LogP contribution is -2.12. The molecular weight excluding hydrogens is 372 g/mol. The highest BCUT2D eigenvalue weighted by Crippen LogP contribution is 2.46. The van der Waals surface area contributed by atoms with Crippen molar-refractivity contribution in [1.29, 1.82) is 0 Å². The number of para-hydroxylation sites is 1. The van der Waals surface area contributed by atoms with E-state index in [1.807, 2.05) is 30.3 Å². The van der Waals surface area contributed by atoms with Gasteiger partial charge in [0, 0.05) is 17.9 Å². The maximum absolute atomic E-state index is 12.5. The molecule has 1 amide bonds. The summed E-state index contributed by atoms with van der Waals surface area (Å²) in [4.78, 5) is 28.4. The minimum absolute atomic E-state index is 0.0182. The van der Waals surface area contributed by atoms with E-state index in [9.17, 15) is 14.7 Å². The number of carbonyl (C=O) groups is 2. The van der Waals surface area contributed by atoms with Gasteiger partial charge in [-0.15, -0.1) is 0 Å². The zero-order valence-corrected chi connectivity index (χ0v) is 15.4. The van der Waals surface area contributed by atoms with Crippen LogP contribution in [-0.4, -0.2) is 22.0 Å². The second-order valence-electron chi connectivity index (χ2n) is 6.24. The predicted octanol–water partition coefficient (Wildman–Crippen LogP) is 4.38. The number of hydrogen-bond donors (Lipinski definition) is 2. The number of furan rings is 1. The summed E-state index contributed by atoms with van der Waals surface area (Å²) < 4.78 is 10.7. The van der Waals surface area contributed by atoms with Gasteiger partial charge in [-0.05, 0) is 24.3 Å². The molecule has 2 aromatic carbocycles. The summed E-state index contributed by atoms with van der Waals surface area (Å²) in [5, 5.41) is 14.1. The van der Waals surface area contributed by atoms with E-state index in [0.29, 0.717) is 16.8 Å². The Morgan fingerprint density at radius 3 is 2.48 bits per heavy atom. The Morgan fingerprint density at radius 2 is 1.72 bits per heavy atom. The number of anilines is 1. The van der Waals surface area contributed by atoms with Crippen LogP contribution in [0, 0.1) is 0 Å². The molecule has 4 aromatic rings. The molecule has 0 unspecified atom stereocenters. The molecule has 0 saturated carbocycles. The number of esters is 1. The smallest absolute Gasteiger partial charge is 0.308 e. The van der Waals surface area contributed by atoms with Crippen LogP contribution in [0.5, 0.6) is 11.5 Å². The Morgan fingerprint density at radius 1 is 1.00 bits per heavy atom. The summed E-state index contributed by atoms with van der Waals surface area (Å²) in [5.74, 6) is -2.05. The number of aromatic nitrogens is 1. The van der Waals surface area contributed by atoms with Gasteiger partial charge in [0.05, 0.1) is 5.52 Å². The van der Waals surface area contributed by atoms with Gasteiger partial charge >= 0.3 is 5.97 Å². The number of amides is 1. The number of hydrogen-bond acceptors (Lipinski definition) is 6. The number of fused-ring (bicyclic) bond motifs is 1. The number of aromatic hydroxyl groups is 1. The fourth-order valence-corrected chi connectivity index (χ4v) is 2.86. The van der Waals surface area contributed by atoms with Crippen molar-refractivity contribution in [2.24, 2.45) is 0 Å². The molecular formula is C22H16N2O5. The maximum atomic E-state index is 12.5. The van der Waals surface area contributed by atoms with E-state index in [2.05, 4.69) is 10.3 Å². The molecule has 0 aliphatic rings. The van der Waals surface area contributed by atoms with Crippen LogP contribution in [0.3, 0.4) is 0 Å². The van der Waals surface area contributed by atoms with Crippen molar-refractivity contribution in [2.45, 2.75) is 6.92 Å². The second kappa shape index (κ2) is 7.47. The van der Waals surface area contributed by atoms with Crippen LogP contribution in [0.1, 0.15) is 17.3 Å². The SMILES string of the molecule is CC(=O)Oc1c(NC(=O)c2ccccc2)oc(-c2ccc3ccccc3n2)c1O. The number of nitrogens with one attached hydrogen (secondary N) is 1. The molecule has 29 heavy (non-hydrogen) atoms. The molecule has 7 heteroatoms. The predicted molar refractivity (Wildman–Crippen MR) is 107 cm³/mol. The van der Waals surface area contributed by atoms with Crippen LogP contribution < -0.4 is 10.1 Å². The molecule has 4 rings (SSSR count). The van der Waals surface area contributed by atoms with Crippen LogP contribution in [0.15, 0.2) is 71.1 Å². The molecule has 0 saturated heterocycles. The minimum atomic E-state index is -0.672. The number of nitrogens with zero attached hydrogens (tertiary/aromatic N) is 1. The van der Waals surface area contributed by atoms with E-state index >= 15 is 0 Å². The standard InChI is InChI=1S/C22H16N2O5/c1-13(25)28-20-18(26)19(17-12-11-14-7-5-6-10-16(14)23-17)29-22(20)24-21(27)15-8-3-2-4-9-15/h2-12,26H,1H3,(H,24,27). The fourth-order valence-electron chi connectivity index (χ4n) is 2.86. The number of pyridine rings is 1. The van der Waals surface area contributed by atoms with Crippen LogP contribution >= 0.6 is 0 Å². The van der Waals surface area contributed by atoms with Gasteiger partial charge in [-0.1, -0.05) is 42.5 Å². The highest BCUT2D eigenvalue weighted by atomic mass is 16.6. The Balaban J connectivity index is 1.76. The van der Waals surface area contributed by atoms with Crippen LogP contribution in [0.4, 0.5) is 5.88 Å². The highest BCUT2D eigenvalue weighted by molar-refractivity contribution is 6.05. The lowest BCUT2D eigenvalue weighted by Gasteiger charge is -2.04. The van der Waals surface area contributed by atoms with Gasteiger partial charge in [-0.2, -0.15) is 0 Å². The Bertz CT molecular complexity index is 1210. The molecule has 0 spiro atoms. The number of ether oxygens (including phenoxy) is 1. The molecule has 2 aromatic heterocycles. The first kappa shape index (κ1) is 18.2. The molecule has 2 N–H and O–H groups in total. The third kappa shape index (κ3) is 3.66. The van der Waals surface area contributed by atoms with Crippen molar-refractivity contribution in [3.63, 3.8) is 0 Å². The summed E-state index contributed by atoms with van der Waals surface area (Å²) in [6.07, 6.45) is 0. The van der Waals surface area contributed by atoms with Gasteiger partial charge in [0.1, 0.15) is 5.69 Å². The fraction of sp³-hybridized carbons (Fsp3) is 0.0455. The molecule has 0 aliphatic carbocycles. The number of carbonyl (C=O) groups excluding carboxylic acids is 2. The van der Waals surface area contributed by atoms with Gasteiger partial charge in [0.15, 0.2) is 0 Å². The zero-order valence-electron chi connectivity index (χ0n) is 15.4. The van der Waals surface area contributed by atoms with Crippen LogP contribution in [-0.2, 0) is 4.79 Å². The molecule has 0 atom stereocenters. The molecule has 0 fully saturated rings. The van der Waals surface area contributed by atoms with E-state index in [4.69, 9.17) is 9.15 Å². The van der Waals surface area contributed by atoms with Gasteiger partial charge in [-0.3, -0.25) is 14.9 Å². The van der Waals surface area contributed by atoms with E-state index < -0.39 is 17.6 Å². The normalized spacial score (nSPS) is 10.7. The topological polar surface area (TPSA) is 102 Å². The molecule has 144 valence electrons. The molecule has 0 radical (unpaired) electrons. The van der Waals surface area contributed by atoms with Gasteiger partial charge in [0.2, 0.25) is 23.1 Å². The van der Waals surface area contributed by atoms with Gasteiger partial charge in [-0.25, -0.2) is 4.98 Å². The first-order chi connectivity index (χ1) is 14.0. The number of rotatable bonds is 4. The summed E-state index contributed by atoms with van der Waals surface area (Å²) in [7, 11) is 0. The van der Waals surface area contributed by atoms with Crippen molar-refractivity contribution in [3.05, 3.63) is 72.3 Å². The van der Waals surface area contributed by atoms with Crippen molar-refractivity contribution >= 4 is 28.7 Å². The van der Waals surface area contributed by atoms with E-state index in [1.165, 1.54) is 6.92 Å². The van der Waals surface area contributed by atoms with Crippen LogP contribution in [0.2, 0.25) is 0 Å². The average molecular weight is 388 g/mol. The Hall–Kier alpha value is -4.13. The zero-order chi connectivity index (χ0) is 20.4. The lowest BCUT2D eigenvalue weighted by atomic mass is 10.2. The Labute approximate surface area is 165 Å². The minimum Gasteiger partial charge on any atom is -0.501 e. The first-order valence-electron chi connectivity index (χ1n) is 8.79. The van der Waals surface area contributed by atoms with Crippen molar-refractivity contribution in [1.82, 2.24) is 4.98 Å².